The van der Waals surface area contributed by atoms with Crippen molar-refractivity contribution in [2.24, 2.45) is 0 Å². The van der Waals surface area contributed by atoms with Crippen molar-refractivity contribution in [3.8, 4) is 0 Å². The summed E-state index contributed by atoms with van der Waals surface area (Å²) in [5.41, 5.74) is 1.77. The van der Waals surface area contributed by atoms with E-state index in [1.54, 1.807) is 4.90 Å². The van der Waals surface area contributed by atoms with Gasteiger partial charge in [-0.3, -0.25) is 4.79 Å². The first kappa shape index (κ1) is 10.6. The SMILES string of the molecule is Cc1ccc(C(=O)N2CC(O)C2)c(Br)c1. The van der Waals surface area contributed by atoms with Gasteiger partial charge in [0, 0.05) is 17.6 Å². The molecule has 0 radical (unpaired) electrons. The lowest BCUT2D eigenvalue weighted by Crippen LogP contribution is -2.53. The topological polar surface area (TPSA) is 40.5 Å². The van der Waals surface area contributed by atoms with Crippen molar-refractivity contribution in [3.05, 3.63) is 33.8 Å². The predicted molar refractivity (Wildman–Crippen MR) is 60.8 cm³/mol. The number of benzene rings is 1. The summed E-state index contributed by atoms with van der Waals surface area (Å²) in [6.45, 7) is 2.87. The average molecular weight is 270 g/mol. The average Bonchev–Trinajstić information content (AvgIpc) is 2.12. The molecule has 1 heterocycles. The third-order valence-corrected chi connectivity index (χ3v) is 3.16. The number of hydrogen-bond donors (Lipinski definition) is 1. The summed E-state index contributed by atoms with van der Waals surface area (Å²) in [5.74, 6) is -0.0211. The van der Waals surface area contributed by atoms with E-state index in [0.717, 1.165) is 10.0 Å². The Morgan fingerprint density at radius 3 is 2.73 bits per heavy atom. The van der Waals surface area contributed by atoms with Crippen molar-refractivity contribution >= 4 is 21.8 Å². The van der Waals surface area contributed by atoms with Crippen LogP contribution >= 0.6 is 15.9 Å². The maximum absolute atomic E-state index is 11.9. The third-order valence-electron chi connectivity index (χ3n) is 2.50. The molecule has 0 aliphatic carbocycles. The van der Waals surface area contributed by atoms with Gasteiger partial charge >= 0.3 is 0 Å². The van der Waals surface area contributed by atoms with Gasteiger partial charge < -0.3 is 10.0 Å². The first-order valence-corrected chi connectivity index (χ1v) is 5.60. The fraction of sp³-hybridized carbons (Fsp3) is 0.364. The predicted octanol–water partition coefficient (Wildman–Crippen LogP) is 1.57. The minimum atomic E-state index is -0.349. The number of carbonyl (C=O) groups excluding carboxylic acids is 1. The molecule has 1 N–H and O–H groups in total. The number of aliphatic hydroxyl groups is 1. The van der Waals surface area contributed by atoms with E-state index in [1.807, 2.05) is 25.1 Å². The van der Waals surface area contributed by atoms with Crippen molar-refractivity contribution in [1.82, 2.24) is 4.90 Å². The van der Waals surface area contributed by atoms with Gasteiger partial charge in [-0.1, -0.05) is 6.07 Å². The quantitative estimate of drug-likeness (QED) is 0.841. The molecule has 0 saturated carbocycles. The van der Waals surface area contributed by atoms with Crippen LogP contribution in [0.1, 0.15) is 15.9 Å². The van der Waals surface area contributed by atoms with Crippen LogP contribution in [0.5, 0.6) is 0 Å². The number of nitrogens with zero attached hydrogens (tertiary/aromatic N) is 1. The number of halogens is 1. The molecule has 1 aliphatic heterocycles. The molecule has 1 aliphatic rings. The van der Waals surface area contributed by atoms with E-state index in [4.69, 9.17) is 5.11 Å². The fourth-order valence-corrected chi connectivity index (χ4v) is 2.25. The van der Waals surface area contributed by atoms with Gasteiger partial charge in [-0.15, -0.1) is 0 Å². The van der Waals surface area contributed by atoms with Crippen molar-refractivity contribution in [2.45, 2.75) is 13.0 Å². The van der Waals surface area contributed by atoms with Crippen LogP contribution in [0.4, 0.5) is 0 Å². The lowest BCUT2D eigenvalue weighted by molar-refractivity contribution is 0.00583. The number of hydrogen-bond acceptors (Lipinski definition) is 2. The van der Waals surface area contributed by atoms with E-state index in [-0.39, 0.29) is 12.0 Å². The summed E-state index contributed by atoms with van der Waals surface area (Å²) in [6, 6.07) is 5.64. The van der Waals surface area contributed by atoms with Crippen LogP contribution in [0.15, 0.2) is 22.7 Å². The smallest absolute Gasteiger partial charge is 0.255 e. The molecule has 15 heavy (non-hydrogen) atoms. The van der Waals surface area contributed by atoms with Crippen LogP contribution in [-0.4, -0.2) is 35.1 Å². The van der Waals surface area contributed by atoms with Crippen molar-refractivity contribution in [1.29, 1.82) is 0 Å². The molecule has 1 aromatic carbocycles. The largest absolute Gasteiger partial charge is 0.389 e. The van der Waals surface area contributed by atoms with E-state index in [2.05, 4.69) is 15.9 Å². The zero-order valence-electron chi connectivity index (χ0n) is 8.40. The maximum Gasteiger partial charge on any atom is 0.255 e. The van der Waals surface area contributed by atoms with Gasteiger partial charge in [0.05, 0.1) is 11.7 Å². The third kappa shape index (κ3) is 2.06. The van der Waals surface area contributed by atoms with E-state index in [0.29, 0.717) is 18.7 Å². The van der Waals surface area contributed by atoms with Gasteiger partial charge in [0.15, 0.2) is 0 Å². The number of β-amino-alcohol motifs (C(OH)–C–C–N with tert-alkyl or cyclic N) is 1. The van der Waals surface area contributed by atoms with E-state index in [1.165, 1.54) is 0 Å². The summed E-state index contributed by atoms with van der Waals surface area (Å²) < 4.78 is 0.814. The summed E-state index contributed by atoms with van der Waals surface area (Å²) in [4.78, 5) is 13.5. The van der Waals surface area contributed by atoms with Gasteiger partial charge in [0.2, 0.25) is 0 Å². The number of rotatable bonds is 1. The molecule has 1 amide bonds. The van der Waals surface area contributed by atoms with Crippen molar-refractivity contribution < 1.29 is 9.90 Å². The number of carbonyl (C=O) groups is 1. The molecule has 1 aromatic rings. The lowest BCUT2D eigenvalue weighted by Gasteiger charge is -2.36. The second-order valence-electron chi connectivity index (χ2n) is 3.85. The number of aryl methyl sites for hydroxylation is 1. The first-order chi connectivity index (χ1) is 7.08. The zero-order valence-corrected chi connectivity index (χ0v) is 9.99. The highest BCUT2D eigenvalue weighted by Crippen LogP contribution is 2.22. The van der Waals surface area contributed by atoms with Crippen LogP contribution in [0, 0.1) is 6.92 Å². The van der Waals surface area contributed by atoms with Gasteiger partial charge in [0.25, 0.3) is 5.91 Å². The highest BCUT2D eigenvalue weighted by molar-refractivity contribution is 9.10. The molecule has 80 valence electrons. The standard InChI is InChI=1S/C11H12BrNO2/c1-7-2-3-9(10(12)4-7)11(15)13-5-8(14)6-13/h2-4,8,14H,5-6H2,1H3. The van der Waals surface area contributed by atoms with Gasteiger partial charge in [-0.2, -0.15) is 0 Å². The van der Waals surface area contributed by atoms with Crippen LogP contribution < -0.4 is 0 Å². The highest BCUT2D eigenvalue weighted by Gasteiger charge is 2.30. The minimum absolute atomic E-state index is 0.0211. The maximum atomic E-state index is 11.9. The molecular formula is C11H12BrNO2. The molecule has 0 aromatic heterocycles. The van der Waals surface area contributed by atoms with Gasteiger partial charge in [-0.25, -0.2) is 0 Å². The Morgan fingerprint density at radius 2 is 2.20 bits per heavy atom. The Bertz CT molecular complexity index is 400. The Labute approximate surface area is 96.8 Å². The van der Waals surface area contributed by atoms with Gasteiger partial charge in [-0.05, 0) is 40.5 Å². The number of aliphatic hydroxyl groups excluding tert-OH is 1. The molecule has 4 heteroatoms. The summed E-state index contributed by atoms with van der Waals surface area (Å²) in [6.07, 6.45) is -0.349. The number of amides is 1. The molecule has 0 unspecified atom stereocenters. The first-order valence-electron chi connectivity index (χ1n) is 4.81. The van der Waals surface area contributed by atoms with Crippen molar-refractivity contribution in [3.63, 3.8) is 0 Å². The Balaban J connectivity index is 2.19. The molecule has 3 nitrogen and oxygen atoms in total. The Hall–Kier alpha value is -0.870. The Kier molecular flexibility index (Phi) is 2.80. The molecule has 0 bridgehead atoms. The monoisotopic (exact) mass is 269 g/mol. The van der Waals surface area contributed by atoms with E-state index >= 15 is 0 Å². The highest BCUT2D eigenvalue weighted by atomic mass is 79.9. The number of likely N-dealkylation sites (tertiary alicyclic amines) is 1. The summed E-state index contributed by atoms with van der Waals surface area (Å²) in [5, 5.41) is 9.12. The summed E-state index contributed by atoms with van der Waals surface area (Å²) in [7, 11) is 0. The van der Waals surface area contributed by atoms with Crippen LogP contribution in [0.25, 0.3) is 0 Å². The molecule has 1 saturated heterocycles. The zero-order chi connectivity index (χ0) is 11.0. The molecule has 0 atom stereocenters. The Morgan fingerprint density at radius 1 is 1.53 bits per heavy atom. The lowest BCUT2D eigenvalue weighted by atomic mass is 10.1. The molecule has 1 fully saturated rings. The minimum Gasteiger partial charge on any atom is -0.389 e. The van der Waals surface area contributed by atoms with Crippen LogP contribution in [0.2, 0.25) is 0 Å². The molecular weight excluding hydrogens is 258 g/mol. The van der Waals surface area contributed by atoms with Crippen molar-refractivity contribution in [2.75, 3.05) is 13.1 Å². The van der Waals surface area contributed by atoms with E-state index in [9.17, 15) is 4.79 Å². The second kappa shape index (κ2) is 3.94. The van der Waals surface area contributed by atoms with E-state index < -0.39 is 0 Å². The molecule has 0 spiro atoms. The van der Waals surface area contributed by atoms with Crippen LogP contribution in [0.3, 0.4) is 0 Å². The molecule has 2 rings (SSSR count). The second-order valence-corrected chi connectivity index (χ2v) is 4.70. The van der Waals surface area contributed by atoms with Crippen LogP contribution in [-0.2, 0) is 0 Å². The fourth-order valence-electron chi connectivity index (χ4n) is 1.59. The summed E-state index contributed by atoms with van der Waals surface area (Å²) >= 11 is 3.37. The normalized spacial score (nSPS) is 16.3. The van der Waals surface area contributed by atoms with Gasteiger partial charge in [0.1, 0.15) is 0 Å².